The normalized spacial score (nSPS) is 12.0. The van der Waals surface area contributed by atoms with Crippen molar-refractivity contribution in [3.05, 3.63) is 102 Å². The van der Waals surface area contributed by atoms with Crippen molar-refractivity contribution in [1.82, 2.24) is 5.32 Å². The number of aliphatic hydroxyl groups excluding tert-OH is 1. The zero-order valence-electron chi connectivity index (χ0n) is 21.2. The molecule has 0 aliphatic heterocycles. The van der Waals surface area contributed by atoms with Crippen LogP contribution in [0.15, 0.2) is 91.0 Å². The number of nitrogens with one attached hydrogen (secondary N) is 2. The second kappa shape index (κ2) is 13.1. The van der Waals surface area contributed by atoms with Crippen LogP contribution in [0.3, 0.4) is 0 Å². The lowest BCUT2D eigenvalue weighted by Crippen LogP contribution is -2.35. The molecule has 0 aliphatic carbocycles. The van der Waals surface area contributed by atoms with Crippen molar-refractivity contribution in [3.63, 3.8) is 0 Å². The number of aliphatic hydroxyl groups is 1. The smallest absolute Gasteiger partial charge is 0.414 e. The molecule has 0 heterocycles. The summed E-state index contributed by atoms with van der Waals surface area (Å²) in [4.78, 5) is 38.0. The van der Waals surface area contributed by atoms with Crippen molar-refractivity contribution in [3.8, 4) is 5.75 Å². The molecule has 0 aliphatic rings. The highest BCUT2D eigenvalue weighted by atomic mass is 16.6. The Morgan fingerprint density at radius 2 is 1.63 bits per heavy atom. The lowest BCUT2D eigenvalue weighted by Gasteiger charge is -2.32. The van der Waals surface area contributed by atoms with Crippen LogP contribution in [-0.2, 0) is 9.53 Å². The van der Waals surface area contributed by atoms with Crippen molar-refractivity contribution >= 4 is 29.3 Å². The van der Waals surface area contributed by atoms with Gasteiger partial charge in [-0.3, -0.25) is 14.9 Å². The molecule has 0 spiro atoms. The number of alkyl carbamates (subject to hydrolysis) is 1. The number of imide groups is 1. The number of carbonyl (C=O) groups excluding carboxylic acids is 3. The fourth-order valence-corrected chi connectivity index (χ4v) is 3.65. The van der Waals surface area contributed by atoms with Gasteiger partial charge in [-0.2, -0.15) is 0 Å². The average molecular weight is 518 g/mol. The number of benzene rings is 3. The maximum atomic E-state index is 12.8. The van der Waals surface area contributed by atoms with Gasteiger partial charge in [-0.15, -0.1) is 0 Å². The molecule has 0 radical (unpaired) electrons. The van der Waals surface area contributed by atoms with Gasteiger partial charge in [-0.25, -0.2) is 4.79 Å². The minimum atomic E-state index is -0.980. The summed E-state index contributed by atoms with van der Waals surface area (Å²) in [7, 11) is 0. The number of carbonyl (C=O) groups is 3. The number of anilines is 2. The van der Waals surface area contributed by atoms with E-state index >= 15 is 0 Å². The Hall–Kier alpha value is -4.63. The number of hydrogen-bond acceptors (Lipinski definition) is 7. The number of ether oxygens (including phenoxy) is 2. The van der Waals surface area contributed by atoms with Crippen LogP contribution in [0.1, 0.15) is 35.9 Å². The van der Waals surface area contributed by atoms with E-state index < -0.39 is 29.4 Å². The Morgan fingerprint density at radius 3 is 2.34 bits per heavy atom. The van der Waals surface area contributed by atoms with Gasteiger partial charge < -0.3 is 25.6 Å². The lowest BCUT2D eigenvalue weighted by molar-refractivity contribution is -0.112. The highest BCUT2D eigenvalue weighted by Gasteiger charge is 2.35. The van der Waals surface area contributed by atoms with Gasteiger partial charge in [0.05, 0.1) is 18.0 Å². The summed E-state index contributed by atoms with van der Waals surface area (Å²) in [5.41, 5.74) is 6.63. The topological polar surface area (TPSA) is 140 Å². The molecule has 1 atom stereocenters. The predicted octanol–water partition coefficient (Wildman–Crippen LogP) is 4.47. The number of nitrogens with two attached hydrogens (primary N) is 1. The minimum absolute atomic E-state index is 0.0274. The van der Waals surface area contributed by atoms with Crippen LogP contribution >= 0.6 is 0 Å². The van der Waals surface area contributed by atoms with E-state index in [9.17, 15) is 19.5 Å². The van der Waals surface area contributed by atoms with Gasteiger partial charge in [0.2, 0.25) is 5.91 Å². The lowest BCUT2D eigenvalue weighted by atomic mass is 9.81. The summed E-state index contributed by atoms with van der Waals surface area (Å²) in [5.74, 6) is -0.660. The Labute approximate surface area is 221 Å². The molecule has 0 saturated carbocycles. The second-order valence-corrected chi connectivity index (χ2v) is 8.95. The van der Waals surface area contributed by atoms with E-state index in [-0.39, 0.29) is 13.2 Å². The van der Waals surface area contributed by atoms with Crippen LogP contribution in [0.2, 0.25) is 0 Å². The first-order chi connectivity index (χ1) is 18.2. The van der Waals surface area contributed by atoms with Crippen molar-refractivity contribution in [2.24, 2.45) is 5.41 Å². The standard InChI is InChI=1S/C29H31N3O6/c1-29(2,17-16-25(34)31-23-14-8-7-13-22(23)30)26(21-12-6-9-15-24(21)37-19-18-33)38-28(36)32-27(35)20-10-4-3-5-11-20/h3-17,26,33H,18-19,30H2,1-2H3,(H,31,34)(H,32,35,36)/b17-16+/t26-/m1/s1. The molecule has 5 N–H and O–H groups in total. The fourth-order valence-electron chi connectivity index (χ4n) is 3.65. The number of para-hydroxylation sites is 3. The monoisotopic (exact) mass is 517 g/mol. The summed E-state index contributed by atoms with van der Waals surface area (Å²) in [6.45, 7) is 3.36. The minimum Gasteiger partial charge on any atom is -0.491 e. The fraction of sp³-hybridized carbons (Fsp3) is 0.207. The SMILES string of the molecule is CC(C)(/C=C/C(=O)Nc1ccccc1N)[C@H](OC(=O)NC(=O)c1ccccc1)c1ccccc1OCCO. The number of nitrogen functional groups attached to an aromatic ring is 1. The van der Waals surface area contributed by atoms with Crippen molar-refractivity contribution in [2.75, 3.05) is 24.3 Å². The summed E-state index contributed by atoms with van der Waals surface area (Å²) in [5, 5.41) is 14.2. The maximum Gasteiger partial charge on any atom is 0.414 e. The Bertz CT molecular complexity index is 1290. The second-order valence-electron chi connectivity index (χ2n) is 8.95. The molecule has 9 heteroatoms. The molecule has 0 unspecified atom stereocenters. The number of rotatable bonds is 10. The molecule has 3 aromatic carbocycles. The van der Waals surface area contributed by atoms with Gasteiger partial charge >= 0.3 is 6.09 Å². The zero-order chi connectivity index (χ0) is 27.5. The first kappa shape index (κ1) is 27.9. The quantitative estimate of drug-likeness (QED) is 0.230. The van der Waals surface area contributed by atoms with Gasteiger partial charge in [0.25, 0.3) is 5.91 Å². The molecule has 0 fully saturated rings. The number of amides is 3. The summed E-state index contributed by atoms with van der Waals surface area (Å²) >= 11 is 0. The van der Waals surface area contributed by atoms with Gasteiger partial charge in [-0.05, 0) is 36.4 Å². The van der Waals surface area contributed by atoms with Crippen molar-refractivity contribution in [2.45, 2.75) is 20.0 Å². The molecular weight excluding hydrogens is 486 g/mol. The van der Waals surface area contributed by atoms with Gasteiger partial charge in [-0.1, -0.05) is 68.5 Å². The van der Waals surface area contributed by atoms with E-state index in [0.717, 1.165) is 0 Å². The molecule has 0 aromatic heterocycles. The molecule has 3 rings (SSSR count). The molecular formula is C29H31N3O6. The van der Waals surface area contributed by atoms with Crippen LogP contribution in [0.5, 0.6) is 5.75 Å². The van der Waals surface area contributed by atoms with Gasteiger partial charge in [0.1, 0.15) is 18.5 Å². The molecule has 0 bridgehead atoms. The molecule has 38 heavy (non-hydrogen) atoms. The van der Waals surface area contributed by atoms with Gasteiger partial charge in [0, 0.05) is 16.5 Å². The third-order valence-electron chi connectivity index (χ3n) is 5.59. The van der Waals surface area contributed by atoms with Crippen molar-refractivity contribution in [1.29, 1.82) is 0 Å². The molecule has 0 saturated heterocycles. The van der Waals surface area contributed by atoms with Crippen LogP contribution in [0, 0.1) is 5.41 Å². The highest BCUT2D eigenvalue weighted by molar-refractivity contribution is 6.03. The largest absolute Gasteiger partial charge is 0.491 e. The summed E-state index contributed by atoms with van der Waals surface area (Å²) in [6.07, 6.45) is 0.976. The number of hydrogen-bond donors (Lipinski definition) is 4. The van der Waals surface area contributed by atoms with E-state index in [4.69, 9.17) is 15.2 Å². The zero-order valence-corrected chi connectivity index (χ0v) is 21.2. The Morgan fingerprint density at radius 1 is 0.974 bits per heavy atom. The highest BCUT2D eigenvalue weighted by Crippen LogP contribution is 2.42. The van der Waals surface area contributed by atoms with Gasteiger partial charge in [0.15, 0.2) is 0 Å². The van der Waals surface area contributed by atoms with E-state index in [1.54, 1.807) is 98.8 Å². The third-order valence-corrected chi connectivity index (χ3v) is 5.59. The molecule has 3 aromatic rings. The summed E-state index contributed by atoms with van der Waals surface area (Å²) in [6, 6.07) is 22.0. The first-order valence-corrected chi connectivity index (χ1v) is 12.0. The Balaban J connectivity index is 1.86. The van der Waals surface area contributed by atoms with E-state index in [1.807, 2.05) is 0 Å². The maximum absolute atomic E-state index is 12.8. The Kier molecular flexibility index (Phi) is 9.61. The first-order valence-electron chi connectivity index (χ1n) is 12.0. The summed E-state index contributed by atoms with van der Waals surface area (Å²) < 4.78 is 11.4. The van der Waals surface area contributed by atoms with E-state index in [1.165, 1.54) is 6.08 Å². The van der Waals surface area contributed by atoms with Crippen molar-refractivity contribution < 1.29 is 29.0 Å². The molecule has 9 nitrogen and oxygen atoms in total. The van der Waals surface area contributed by atoms with E-state index in [2.05, 4.69) is 10.6 Å². The molecule has 198 valence electrons. The van der Waals surface area contributed by atoms with E-state index in [0.29, 0.717) is 28.3 Å². The predicted molar refractivity (Wildman–Crippen MR) is 145 cm³/mol. The third kappa shape index (κ3) is 7.68. The van der Waals surface area contributed by atoms with Crippen LogP contribution in [-0.4, -0.2) is 36.2 Å². The van der Waals surface area contributed by atoms with Crippen LogP contribution < -0.4 is 21.1 Å². The van der Waals surface area contributed by atoms with Crippen LogP contribution in [0.4, 0.5) is 16.2 Å². The average Bonchev–Trinajstić information content (AvgIpc) is 2.91. The van der Waals surface area contributed by atoms with Crippen LogP contribution in [0.25, 0.3) is 0 Å². The molecule has 3 amide bonds.